The summed E-state index contributed by atoms with van der Waals surface area (Å²) in [5.74, 6) is -0.0373. The van der Waals surface area contributed by atoms with Crippen LogP contribution in [-0.2, 0) is 42.1 Å². The van der Waals surface area contributed by atoms with Gasteiger partial charge in [-0.05, 0) is 19.3 Å². The standard InChI is InChI=1S/C20H42NO10P/c1-25-13-15-29-18-19(30-16-14-26-2)17-28-11-7-5-4-6-9-20(22)21-10-8-12-31-32(23,24)27-3/h19H,4-18H2,1-3H3,(H,21,22)(H,23,24). The van der Waals surface area contributed by atoms with E-state index in [1.807, 2.05) is 0 Å². The summed E-state index contributed by atoms with van der Waals surface area (Å²) < 4.78 is 46.9. The van der Waals surface area contributed by atoms with E-state index < -0.39 is 7.82 Å². The number of phosphoric acid groups is 1. The Bertz CT molecular complexity index is 483. The molecule has 0 heterocycles. The highest BCUT2D eigenvalue weighted by molar-refractivity contribution is 7.47. The van der Waals surface area contributed by atoms with Crippen LogP contribution in [0.25, 0.3) is 0 Å². The van der Waals surface area contributed by atoms with Crippen molar-refractivity contribution in [3.8, 4) is 0 Å². The number of phosphoric ester groups is 1. The monoisotopic (exact) mass is 487 g/mol. The zero-order chi connectivity index (χ0) is 23.9. The van der Waals surface area contributed by atoms with Crippen LogP contribution >= 0.6 is 7.82 Å². The van der Waals surface area contributed by atoms with Crippen molar-refractivity contribution in [2.75, 3.05) is 80.7 Å². The van der Waals surface area contributed by atoms with E-state index in [4.69, 9.17) is 28.6 Å². The summed E-state index contributed by atoms with van der Waals surface area (Å²) in [6.45, 7) is 4.03. The van der Waals surface area contributed by atoms with E-state index in [-0.39, 0.29) is 18.6 Å². The fourth-order valence-electron chi connectivity index (χ4n) is 2.48. The SMILES string of the molecule is COCCOCC(COCCCCCCC(=O)NCCCOP(=O)(O)OC)OCCOC. The van der Waals surface area contributed by atoms with Crippen molar-refractivity contribution in [1.82, 2.24) is 5.32 Å². The Kier molecular flexibility index (Phi) is 21.8. The molecule has 0 aromatic heterocycles. The van der Waals surface area contributed by atoms with Gasteiger partial charge >= 0.3 is 7.82 Å². The number of ether oxygens (including phenoxy) is 5. The predicted molar refractivity (Wildman–Crippen MR) is 119 cm³/mol. The Morgan fingerprint density at radius 3 is 2.19 bits per heavy atom. The lowest BCUT2D eigenvalue weighted by molar-refractivity contribution is -0.121. The van der Waals surface area contributed by atoms with Crippen molar-refractivity contribution in [2.45, 2.75) is 44.6 Å². The zero-order valence-electron chi connectivity index (χ0n) is 19.8. The van der Waals surface area contributed by atoms with Crippen LogP contribution in [0.15, 0.2) is 0 Å². The van der Waals surface area contributed by atoms with Gasteiger partial charge in [-0.25, -0.2) is 4.57 Å². The summed E-state index contributed by atoms with van der Waals surface area (Å²) in [5, 5.41) is 2.76. The van der Waals surface area contributed by atoms with Crippen LogP contribution in [0.3, 0.4) is 0 Å². The molecule has 2 N–H and O–H groups in total. The van der Waals surface area contributed by atoms with E-state index in [0.29, 0.717) is 65.6 Å². The van der Waals surface area contributed by atoms with Gasteiger partial charge in [0, 0.05) is 40.9 Å². The van der Waals surface area contributed by atoms with Gasteiger partial charge in [0.15, 0.2) is 0 Å². The van der Waals surface area contributed by atoms with Gasteiger partial charge in [0.05, 0.1) is 46.2 Å². The fraction of sp³-hybridized carbons (Fsp3) is 0.950. The molecule has 0 aliphatic heterocycles. The van der Waals surface area contributed by atoms with Crippen molar-refractivity contribution >= 4 is 13.7 Å². The fourth-order valence-corrected chi connectivity index (χ4v) is 2.94. The molecule has 0 saturated heterocycles. The van der Waals surface area contributed by atoms with Crippen molar-refractivity contribution in [3.05, 3.63) is 0 Å². The summed E-state index contributed by atoms with van der Waals surface area (Å²) in [6, 6.07) is 0. The molecule has 0 spiro atoms. The van der Waals surface area contributed by atoms with E-state index >= 15 is 0 Å². The molecular weight excluding hydrogens is 445 g/mol. The number of amides is 1. The minimum Gasteiger partial charge on any atom is -0.382 e. The summed E-state index contributed by atoms with van der Waals surface area (Å²) in [7, 11) is 0.424. The quantitative estimate of drug-likeness (QED) is 0.154. The van der Waals surface area contributed by atoms with Gasteiger partial charge in [0.2, 0.25) is 5.91 Å². The van der Waals surface area contributed by atoms with Crippen LogP contribution in [0.2, 0.25) is 0 Å². The van der Waals surface area contributed by atoms with Crippen LogP contribution < -0.4 is 5.32 Å². The molecule has 0 aliphatic carbocycles. The summed E-state index contributed by atoms with van der Waals surface area (Å²) in [4.78, 5) is 20.8. The molecule has 11 nitrogen and oxygen atoms in total. The van der Waals surface area contributed by atoms with Gasteiger partial charge in [-0.2, -0.15) is 0 Å². The summed E-state index contributed by atoms with van der Waals surface area (Å²) in [6.07, 6.45) is 4.37. The average molecular weight is 488 g/mol. The third kappa shape index (κ3) is 21.2. The molecule has 0 radical (unpaired) electrons. The van der Waals surface area contributed by atoms with Gasteiger partial charge in [0.1, 0.15) is 6.10 Å². The molecule has 1 amide bonds. The van der Waals surface area contributed by atoms with Gasteiger partial charge in [-0.15, -0.1) is 0 Å². The lowest BCUT2D eigenvalue weighted by Crippen LogP contribution is -2.28. The highest BCUT2D eigenvalue weighted by Gasteiger charge is 2.17. The first-order valence-corrected chi connectivity index (χ1v) is 12.5. The third-order valence-corrected chi connectivity index (χ3v) is 5.22. The number of hydrogen-bond acceptors (Lipinski definition) is 9. The van der Waals surface area contributed by atoms with Crippen LogP contribution in [0.4, 0.5) is 0 Å². The third-order valence-electron chi connectivity index (χ3n) is 4.25. The van der Waals surface area contributed by atoms with Gasteiger partial charge in [-0.3, -0.25) is 13.8 Å². The average Bonchev–Trinajstić information content (AvgIpc) is 2.77. The minimum absolute atomic E-state index is 0.0373. The molecular formula is C20H42NO10P. The lowest BCUT2D eigenvalue weighted by atomic mass is 10.1. The predicted octanol–water partition coefficient (Wildman–Crippen LogP) is 1.92. The molecule has 32 heavy (non-hydrogen) atoms. The maximum absolute atomic E-state index is 11.8. The highest BCUT2D eigenvalue weighted by Crippen LogP contribution is 2.41. The Balaban J connectivity index is 3.63. The number of carbonyl (C=O) groups excluding carboxylic acids is 1. The Hall–Kier alpha value is -0.620. The topological polar surface area (TPSA) is 131 Å². The van der Waals surface area contributed by atoms with Crippen molar-refractivity contribution in [2.24, 2.45) is 0 Å². The van der Waals surface area contributed by atoms with Crippen molar-refractivity contribution < 1.29 is 47.0 Å². The first-order valence-electron chi connectivity index (χ1n) is 11.0. The molecule has 0 bridgehead atoms. The molecule has 0 aromatic carbocycles. The lowest BCUT2D eigenvalue weighted by Gasteiger charge is -2.18. The first kappa shape index (κ1) is 31.4. The van der Waals surface area contributed by atoms with E-state index in [2.05, 4.69) is 14.4 Å². The molecule has 0 aromatic rings. The van der Waals surface area contributed by atoms with Gasteiger partial charge in [-0.1, -0.05) is 12.8 Å². The maximum Gasteiger partial charge on any atom is 0.471 e. The van der Waals surface area contributed by atoms with Crippen LogP contribution in [0, 0.1) is 0 Å². The second-order valence-electron chi connectivity index (χ2n) is 6.98. The second kappa shape index (κ2) is 22.2. The van der Waals surface area contributed by atoms with Gasteiger partial charge in [0.25, 0.3) is 0 Å². The van der Waals surface area contributed by atoms with Crippen LogP contribution in [0.5, 0.6) is 0 Å². The Labute approximate surface area is 192 Å². The number of hydrogen-bond donors (Lipinski definition) is 2. The second-order valence-corrected chi connectivity index (χ2v) is 8.54. The van der Waals surface area contributed by atoms with E-state index in [0.717, 1.165) is 32.8 Å². The van der Waals surface area contributed by atoms with Crippen LogP contribution in [0.1, 0.15) is 38.5 Å². The normalized spacial score (nSPS) is 14.2. The zero-order valence-corrected chi connectivity index (χ0v) is 20.6. The molecule has 12 heteroatoms. The van der Waals surface area contributed by atoms with E-state index in [1.54, 1.807) is 14.2 Å². The minimum atomic E-state index is -3.94. The van der Waals surface area contributed by atoms with Crippen molar-refractivity contribution in [1.29, 1.82) is 0 Å². The molecule has 0 rings (SSSR count). The number of methoxy groups -OCH3 is 2. The van der Waals surface area contributed by atoms with Crippen molar-refractivity contribution in [3.63, 3.8) is 0 Å². The summed E-state index contributed by atoms with van der Waals surface area (Å²) >= 11 is 0. The molecule has 0 aliphatic rings. The molecule has 2 unspecified atom stereocenters. The number of nitrogens with one attached hydrogen (secondary N) is 1. The first-order chi connectivity index (χ1) is 15.4. The maximum atomic E-state index is 11.8. The van der Waals surface area contributed by atoms with E-state index in [1.165, 1.54) is 0 Å². The summed E-state index contributed by atoms with van der Waals surface area (Å²) in [5.41, 5.74) is 0. The van der Waals surface area contributed by atoms with Gasteiger partial charge < -0.3 is 33.9 Å². The number of unbranched alkanes of at least 4 members (excludes halogenated alkanes) is 3. The number of carbonyl (C=O) groups is 1. The molecule has 192 valence electrons. The molecule has 0 saturated carbocycles. The smallest absolute Gasteiger partial charge is 0.382 e. The Morgan fingerprint density at radius 1 is 0.844 bits per heavy atom. The van der Waals surface area contributed by atoms with Crippen LogP contribution in [-0.4, -0.2) is 97.6 Å². The molecule has 2 atom stereocenters. The number of rotatable bonds is 24. The molecule has 0 fully saturated rings. The van der Waals surface area contributed by atoms with E-state index in [9.17, 15) is 9.36 Å². The Morgan fingerprint density at radius 2 is 1.50 bits per heavy atom. The largest absolute Gasteiger partial charge is 0.471 e. The highest BCUT2D eigenvalue weighted by atomic mass is 31.2.